The van der Waals surface area contributed by atoms with E-state index in [0.29, 0.717) is 0 Å². The van der Waals surface area contributed by atoms with E-state index >= 15 is 0 Å². The molecule has 3 aromatic rings. The number of Topliss-reactive ketones (excluding diaryl/α,β-unsaturated/α-hetero) is 1. The highest BCUT2D eigenvalue weighted by molar-refractivity contribution is 6.03. The van der Waals surface area contributed by atoms with E-state index in [-0.39, 0.29) is 58.3 Å². The van der Waals surface area contributed by atoms with Gasteiger partial charge >= 0.3 is 0 Å². The van der Waals surface area contributed by atoms with Gasteiger partial charge in [-0.2, -0.15) is 0 Å². The normalized spacial score (nSPS) is 31.0. The number of ether oxygens (including phenoxy) is 8. The SMILES string of the molecule is COc1c2c(c3c(c1OC)[C@@]1(OC)C4=C(C(=O)[C@@H](OC)[C@@]1(OC)O3)[C@H](O)C[C@H](c1ccccc1)O4)[C@H](O)C[C@H](c1ccccc1)O2. The molecule has 0 fully saturated rings. The number of rotatable bonds is 7. The van der Waals surface area contributed by atoms with Gasteiger partial charge in [0.05, 0.1) is 43.1 Å². The Bertz CT molecular complexity index is 1690. The maximum absolute atomic E-state index is 14.2. The molecule has 3 aliphatic heterocycles. The molecule has 242 valence electrons. The molecule has 2 N–H and O–H groups in total. The van der Waals surface area contributed by atoms with Crippen molar-refractivity contribution in [2.75, 3.05) is 35.5 Å². The lowest BCUT2D eigenvalue weighted by Crippen LogP contribution is -2.69. The van der Waals surface area contributed by atoms with Crippen LogP contribution in [0.4, 0.5) is 0 Å². The molecule has 7 rings (SSSR count). The van der Waals surface area contributed by atoms with Gasteiger partial charge in [-0.15, -0.1) is 0 Å². The zero-order valence-corrected chi connectivity index (χ0v) is 26.1. The van der Waals surface area contributed by atoms with Crippen molar-refractivity contribution in [1.82, 2.24) is 0 Å². The molecule has 0 saturated heterocycles. The second-order valence-corrected chi connectivity index (χ2v) is 11.6. The fourth-order valence-electron chi connectivity index (χ4n) is 7.55. The summed E-state index contributed by atoms with van der Waals surface area (Å²) in [5.74, 6) is -1.98. The van der Waals surface area contributed by atoms with E-state index in [1.165, 1.54) is 35.5 Å². The number of ketones is 1. The first kappa shape index (κ1) is 30.5. The molecule has 46 heavy (non-hydrogen) atoms. The van der Waals surface area contributed by atoms with Gasteiger partial charge in [0.2, 0.25) is 17.1 Å². The molecule has 0 saturated carbocycles. The fourth-order valence-corrected chi connectivity index (χ4v) is 7.55. The van der Waals surface area contributed by atoms with Gasteiger partial charge in [-0.05, 0) is 11.1 Å². The number of aliphatic hydroxyl groups excluding tert-OH is 2. The molecular formula is C35H36O11. The van der Waals surface area contributed by atoms with Crippen molar-refractivity contribution in [3.05, 3.63) is 94.2 Å². The summed E-state index contributed by atoms with van der Waals surface area (Å²) >= 11 is 0. The van der Waals surface area contributed by atoms with Crippen LogP contribution in [0.15, 0.2) is 72.0 Å². The third-order valence-corrected chi connectivity index (χ3v) is 9.52. The second-order valence-electron chi connectivity index (χ2n) is 11.6. The minimum absolute atomic E-state index is 0.00446. The summed E-state index contributed by atoms with van der Waals surface area (Å²) in [6, 6.07) is 18.9. The molecule has 0 radical (unpaired) electrons. The maximum atomic E-state index is 14.2. The first-order valence-corrected chi connectivity index (χ1v) is 15.0. The smallest absolute Gasteiger partial charge is 0.285 e. The lowest BCUT2D eigenvalue weighted by molar-refractivity contribution is -0.310. The lowest BCUT2D eigenvalue weighted by atomic mass is 9.70. The zero-order chi connectivity index (χ0) is 32.4. The first-order chi connectivity index (χ1) is 22.3. The number of hydrogen-bond donors (Lipinski definition) is 2. The average Bonchev–Trinajstić information content (AvgIpc) is 3.39. The van der Waals surface area contributed by atoms with Crippen molar-refractivity contribution in [3.8, 4) is 23.0 Å². The molecule has 11 nitrogen and oxygen atoms in total. The molecule has 0 spiro atoms. The van der Waals surface area contributed by atoms with E-state index in [0.717, 1.165) is 11.1 Å². The Labute approximate surface area is 266 Å². The Morgan fingerprint density at radius 2 is 1.33 bits per heavy atom. The van der Waals surface area contributed by atoms with Gasteiger partial charge in [-0.3, -0.25) is 4.79 Å². The fraction of sp³-hybridized carbons (Fsp3) is 0.400. The number of hydrogen-bond acceptors (Lipinski definition) is 11. The number of carbonyl (C=O) groups excluding carboxylic acids is 1. The van der Waals surface area contributed by atoms with Gasteiger partial charge in [-0.1, -0.05) is 60.7 Å². The summed E-state index contributed by atoms with van der Waals surface area (Å²) in [7, 11) is 7.05. The van der Waals surface area contributed by atoms with Crippen LogP contribution < -0.4 is 18.9 Å². The van der Waals surface area contributed by atoms with Gasteiger partial charge in [0.1, 0.15) is 18.0 Å². The Hall–Kier alpha value is -4.13. The molecule has 1 aliphatic carbocycles. The minimum Gasteiger partial charge on any atom is -0.492 e. The van der Waals surface area contributed by atoms with E-state index in [1.54, 1.807) is 0 Å². The number of benzene rings is 3. The van der Waals surface area contributed by atoms with Crippen LogP contribution in [-0.4, -0.2) is 69.5 Å². The zero-order valence-electron chi connectivity index (χ0n) is 26.1. The highest BCUT2D eigenvalue weighted by atomic mass is 16.8. The third kappa shape index (κ3) is 3.93. The van der Waals surface area contributed by atoms with E-state index in [9.17, 15) is 15.0 Å². The van der Waals surface area contributed by atoms with Crippen molar-refractivity contribution < 1.29 is 52.9 Å². The summed E-state index contributed by atoms with van der Waals surface area (Å²) in [5, 5.41) is 23.4. The van der Waals surface area contributed by atoms with Gasteiger partial charge in [0, 0.05) is 34.2 Å². The van der Waals surface area contributed by atoms with Crippen molar-refractivity contribution in [1.29, 1.82) is 0 Å². The maximum Gasteiger partial charge on any atom is 0.285 e. The molecule has 4 aliphatic rings. The summed E-state index contributed by atoms with van der Waals surface area (Å²) < 4.78 is 50.3. The van der Waals surface area contributed by atoms with Crippen molar-refractivity contribution in [2.45, 2.75) is 54.7 Å². The van der Waals surface area contributed by atoms with Crippen LogP contribution in [0, 0.1) is 0 Å². The number of methoxy groups -OCH3 is 5. The van der Waals surface area contributed by atoms with Crippen LogP contribution >= 0.6 is 0 Å². The quantitative estimate of drug-likeness (QED) is 0.388. The van der Waals surface area contributed by atoms with Crippen molar-refractivity contribution >= 4 is 5.78 Å². The summed E-state index contributed by atoms with van der Waals surface area (Å²) in [4.78, 5) is 14.2. The van der Waals surface area contributed by atoms with E-state index < -0.39 is 47.7 Å². The molecule has 3 heterocycles. The van der Waals surface area contributed by atoms with Crippen LogP contribution in [-0.2, 0) is 29.3 Å². The Kier molecular flexibility index (Phi) is 7.49. The van der Waals surface area contributed by atoms with Crippen LogP contribution in [0.1, 0.15) is 53.4 Å². The lowest BCUT2D eigenvalue weighted by Gasteiger charge is -2.51. The molecule has 7 atom stereocenters. The molecular weight excluding hydrogens is 596 g/mol. The Morgan fingerprint density at radius 3 is 1.87 bits per heavy atom. The predicted octanol–water partition coefficient (Wildman–Crippen LogP) is 4.21. The largest absolute Gasteiger partial charge is 0.492 e. The molecule has 0 bridgehead atoms. The third-order valence-electron chi connectivity index (χ3n) is 9.52. The minimum atomic E-state index is -2.03. The van der Waals surface area contributed by atoms with Gasteiger partial charge in [0.25, 0.3) is 5.79 Å². The summed E-state index contributed by atoms with van der Waals surface area (Å²) in [5.41, 5.74) is 0.236. The molecule has 11 heteroatoms. The number of carbonyl (C=O) groups is 1. The molecule has 0 amide bonds. The van der Waals surface area contributed by atoms with Gasteiger partial charge < -0.3 is 48.1 Å². The van der Waals surface area contributed by atoms with Gasteiger partial charge in [-0.25, -0.2) is 0 Å². The molecule has 0 unspecified atom stereocenters. The standard InChI is InChI=1S/C35H36O11/c1-39-30-26-28(25-21(37)17-22(18-12-8-6-9-13-18)44-29(25)31(30)40-2)46-35(43-5)33(41-3)27(38)24-20(36)16-23(19-14-10-7-11-15-19)45-32(24)34(26,35)42-4/h6-15,20-23,33,36-37H,16-17H2,1-5H3/t20-,21-,22-,23-,33-,34-,35-/m1/s1. The molecule has 3 aromatic carbocycles. The van der Waals surface area contributed by atoms with Crippen molar-refractivity contribution in [2.24, 2.45) is 0 Å². The van der Waals surface area contributed by atoms with E-state index in [4.69, 9.17) is 37.9 Å². The van der Waals surface area contributed by atoms with Crippen LogP contribution in [0.2, 0.25) is 0 Å². The Morgan fingerprint density at radius 1 is 0.739 bits per heavy atom. The molecule has 0 aromatic heterocycles. The monoisotopic (exact) mass is 632 g/mol. The van der Waals surface area contributed by atoms with Crippen LogP contribution in [0.25, 0.3) is 0 Å². The van der Waals surface area contributed by atoms with Crippen LogP contribution in [0.5, 0.6) is 23.0 Å². The second kappa shape index (κ2) is 11.3. The predicted molar refractivity (Wildman–Crippen MR) is 162 cm³/mol. The van der Waals surface area contributed by atoms with E-state index in [1.807, 2.05) is 60.7 Å². The van der Waals surface area contributed by atoms with Crippen LogP contribution in [0.3, 0.4) is 0 Å². The number of aliphatic hydroxyl groups is 2. The van der Waals surface area contributed by atoms with Gasteiger partial charge in [0.15, 0.2) is 23.4 Å². The summed E-state index contributed by atoms with van der Waals surface area (Å²) in [6.07, 6.45) is -4.65. The highest BCUT2D eigenvalue weighted by Gasteiger charge is 2.77. The number of fused-ring (bicyclic) bond motifs is 6. The Balaban J connectivity index is 1.52. The first-order valence-electron chi connectivity index (χ1n) is 15.0. The van der Waals surface area contributed by atoms with E-state index in [2.05, 4.69) is 0 Å². The highest BCUT2D eigenvalue weighted by Crippen LogP contribution is 2.69. The van der Waals surface area contributed by atoms with Crippen molar-refractivity contribution in [3.63, 3.8) is 0 Å². The summed E-state index contributed by atoms with van der Waals surface area (Å²) in [6.45, 7) is 0. The topological polar surface area (TPSA) is 131 Å². The average molecular weight is 633 g/mol.